The Morgan fingerprint density at radius 1 is 1.04 bits per heavy atom. The highest BCUT2D eigenvalue weighted by Crippen LogP contribution is 2.20. The molecule has 3 rings (SSSR count). The van der Waals surface area contributed by atoms with Gasteiger partial charge in [0.05, 0.1) is 4.90 Å². The van der Waals surface area contributed by atoms with E-state index in [0.29, 0.717) is 24.1 Å². The summed E-state index contributed by atoms with van der Waals surface area (Å²) in [6.45, 7) is 0.295. The molecule has 7 heteroatoms. The summed E-state index contributed by atoms with van der Waals surface area (Å²) in [6, 6.07) is 12.3. The molecule has 1 aliphatic rings. The number of halogens is 1. The molecule has 5 nitrogen and oxygen atoms in total. The molecule has 2 N–H and O–H groups in total. The van der Waals surface area contributed by atoms with E-state index in [4.69, 9.17) is 0 Å². The molecule has 2 aromatic carbocycles. The summed E-state index contributed by atoms with van der Waals surface area (Å²) in [5.41, 5.74) is 0.903. The lowest BCUT2D eigenvalue weighted by atomic mass is 10.1. The predicted molar refractivity (Wildman–Crippen MR) is 101 cm³/mol. The molecular formula is C20H23FN2O3S. The Bertz CT molecular complexity index is 892. The van der Waals surface area contributed by atoms with Gasteiger partial charge in [-0.15, -0.1) is 0 Å². The van der Waals surface area contributed by atoms with Crippen molar-refractivity contribution in [3.63, 3.8) is 0 Å². The van der Waals surface area contributed by atoms with Gasteiger partial charge in [-0.2, -0.15) is 0 Å². The zero-order chi connectivity index (χ0) is 19.3. The lowest BCUT2D eigenvalue weighted by Gasteiger charge is -2.13. The molecule has 0 bridgehead atoms. The molecule has 1 saturated carbocycles. The largest absolute Gasteiger partial charge is 0.352 e. The Morgan fingerprint density at radius 3 is 2.37 bits per heavy atom. The average Bonchev–Trinajstić information content (AvgIpc) is 3.15. The van der Waals surface area contributed by atoms with Crippen LogP contribution in [0.5, 0.6) is 0 Å². The van der Waals surface area contributed by atoms with Crippen molar-refractivity contribution in [2.24, 2.45) is 0 Å². The minimum Gasteiger partial charge on any atom is -0.352 e. The fourth-order valence-electron chi connectivity index (χ4n) is 3.23. The zero-order valence-electron chi connectivity index (χ0n) is 14.9. The summed E-state index contributed by atoms with van der Waals surface area (Å²) in [6.07, 6.45) is 4.19. The first kappa shape index (κ1) is 19.5. The van der Waals surface area contributed by atoms with Gasteiger partial charge in [0.15, 0.2) is 0 Å². The van der Waals surface area contributed by atoms with Crippen LogP contribution < -0.4 is 10.0 Å². The third kappa shape index (κ3) is 5.14. The van der Waals surface area contributed by atoms with Gasteiger partial charge in [0.1, 0.15) is 5.82 Å². The van der Waals surface area contributed by atoms with Gasteiger partial charge in [0.25, 0.3) is 5.91 Å². The highest BCUT2D eigenvalue weighted by atomic mass is 32.2. The van der Waals surface area contributed by atoms with Gasteiger partial charge in [-0.1, -0.05) is 31.0 Å². The molecule has 0 heterocycles. The third-order valence-corrected chi connectivity index (χ3v) is 6.28. The molecule has 144 valence electrons. The van der Waals surface area contributed by atoms with Crippen molar-refractivity contribution in [1.29, 1.82) is 0 Å². The number of carbonyl (C=O) groups is 1. The highest BCUT2D eigenvalue weighted by Gasteiger charge is 2.23. The van der Waals surface area contributed by atoms with Gasteiger partial charge in [0, 0.05) is 18.2 Å². The summed E-state index contributed by atoms with van der Waals surface area (Å²) in [5.74, 6) is -0.616. The lowest BCUT2D eigenvalue weighted by Crippen LogP contribution is -2.32. The van der Waals surface area contributed by atoms with E-state index in [0.717, 1.165) is 25.7 Å². The Labute approximate surface area is 159 Å². The molecular weight excluding hydrogens is 367 g/mol. The number of hydrogen-bond donors (Lipinski definition) is 2. The number of nitrogens with one attached hydrogen (secondary N) is 2. The summed E-state index contributed by atoms with van der Waals surface area (Å²) in [7, 11) is -3.57. The van der Waals surface area contributed by atoms with Crippen LogP contribution in [0, 0.1) is 5.82 Å². The van der Waals surface area contributed by atoms with Crippen LogP contribution >= 0.6 is 0 Å². The molecule has 0 atom stereocenters. The summed E-state index contributed by atoms with van der Waals surface area (Å²) >= 11 is 0. The van der Waals surface area contributed by atoms with Crippen LogP contribution in [0.2, 0.25) is 0 Å². The maximum Gasteiger partial charge on any atom is 0.251 e. The second-order valence-corrected chi connectivity index (χ2v) is 8.44. The number of benzene rings is 2. The van der Waals surface area contributed by atoms with Gasteiger partial charge >= 0.3 is 0 Å². The second-order valence-electron chi connectivity index (χ2n) is 6.72. The van der Waals surface area contributed by atoms with Crippen molar-refractivity contribution in [3.05, 3.63) is 65.5 Å². The monoisotopic (exact) mass is 390 g/mol. The van der Waals surface area contributed by atoms with Crippen LogP contribution in [0.3, 0.4) is 0 Å². The number of sulfonamides is 1. The van der Waals surface area contributed by atoms with E-state index in [1.165, 1.54) is 30.3 Å². The van der Waals surface area contributed by atoms with Crippen molar-refractivity contribution in [3.8, 4) is 0 Å². The van der Waals surface area contributed by atoms with Gasteiger partial charge in [-0.05, 0) is 55.2 Å². The van der Waals surface area contributed by atoms with E-state index in [9.17, 15) is 17.6 Å². The van der Waals surface area contributed by atoms with Crippen LogP contribution in [-0.2, 0) is 16.4 Å². The molecule has 0 saturated heterocycles. The first-order valence-electron chi connectivity index (χ1n) is 9.10. The fraction of sp³-hybridized carbons (Fsp3) is 0.350. The van der Waals surface area contributed by atoms with Crippen molar-refractivity contribution in [1.82, 2.24) is 10.0 Å². The number of carbonyl (C=O) groups excluding carboxylic acids is 1. The Morgan fingerprint density at radius 2 is 1.70 bits per heavy atom. The molecule has 1 fully saturated rings. The molecule has 0 aliphatic heterocycles. The summed E-state index contributed by atoms with van der Waals surface area (Å²) in [5, 5.41) is 2.72. The van der Waals surface area contributed by atoms with E-state index in [1.807, 2.05) is 0 Å². The lowest BCUT2D eigenvalue weighted by molar-refractivity contribution is 0.0954. The maximum absolute atomic E-state index is 13.6. The third-order valence-electron chi connectivity index (χ3n) is 4.74. The summed E-state index contributed by atoms with van der Waals surface area (Å²) in [4.78, 5) is 12.3. The molecule has 1 aliphatic carbocycles. The quantitative estimate of drug-likeness (QED) is 0.763. The number of rotatable bonds is 7. The highest BCUT2D eigenvalue weighted by molar-refractivity contribution is 7.89. The second kappa shape index (κ2) is 8.63. The van der Waals surface area contributed by atoms with Crippen molar-refractivity contribution < 1.29 is 17.6 Å². The SMILES string of the molecule is O=C(NCCc1ccccc1F)c1ccc(S(=O)(=O)NC2CCCC2)cc1. The Balaban J connectivity index is 1.56. The average molecular weight is 390 g/mol. The van der Waals surface area contributed by atoms with Crippen LogP contribution in [-0.4, -0.2) is 26.9 Å². The topological polar surface area (TPSA) is 75.3 Å². The molecule has 0 aromatic heterocycles. The summed E-state index contributed by atoms with van der Waals surface area (Å²) < 4.78 is 41.0. The first-order chi connectivity index (χ1) is 13.0. The van der Waals surface area contributed by atoms with Crippen LogP contribution in [0.1, 0.15) is 41.6 Å². The first-order valence-corrected chi connectivity index (χ1v) is 10.6. The minimum atomic E-state index is -3.57. The predicted octanol–water partition coefficient (Wildman–Crippen LogP) is 3.02. The van der Waals surface area contributed by atoms with E-state index < -0.39 is 10.0 Å². The van der Waals surface area contributed by atoms with E-state index in [2.05, 4.69) is 10.0 Å². The fourth-order valence-corrected chi connectivity index (χ4v) is 4.54. The minimum absolute atomic E-state index is 0.00337. The molecule has 0 spiro atoms. The molecule has 2 aromatic rings. The molecule has 0 radical (unpaired) electrons. The van der Waals surface area contributed by atoms with Crippen molar-refractivity contribution in [2.75, 3.05) is 6.54 Å². The Hall–Kier alpha value is -2.25. The standard InChI is InChI=1S/C20H23FN2O3S/c21-19-8-4-1-5-15(19)13-14-22-20(24)16-9-11-18(12-10-16)27(25,26)23-17-6-2-3-7-17/h1,4-5,8-12,17,23H,2-3,6-7,13-14H2,(H,22,24). The van der Waals surface area contributed by atoms with Crippen LogP contribution in [0.25, 0.3) is 0 Å². The van der Waals surface area contributed by atoms with E-state index >= 15 is 0 Å². The number of hydrogen-bond acceptors (Lipinski definition) is 3. The van der Waals surface area contributed by atoms with E-state index in [-0.39, 0.29) is 22.7 Å². The van der Waals surface area contributed by atoms with E-state index in [1.54, 1.807) is 18.2 Å². The van der Waals surface area contributed by atoms with Gasteiger partial charge in [-0.3, -0.25) is 4.79 Å². The number of amides is 1. The van der Waals surface area contributed by atoms with Gasteiger partial charge < -0.3 is 5.32 Å². The Kier molecular flexibility index (Phi) is 6.23. The smallest absolute Gasteiger partial charge is 0.251 e. The van der Waals surface area contributed by atoms with Crippen LogP contribution in [0.4, 0.5) is 4.39 Å². The molecule has 27 heavy (non-hydrogen) atoms. The molecule has 1 amide bonds. The van der Waals surface area contributed by atoms with Crippen LogP contribution in [0.15, 0.2) is 53.4 Å². The van der Waals surface area contributed by atoms with Crippen molar-refractivity contribution >= 4 is 15.9 Å². The normalized spacial score (nSPS) is 15.0. The zero-order valence-corrected chi connectivity index (χ0v) is 15.8. The van der Waals surface area contributed by atoms with Gasteiger partial charge in [0.2, 0.25) is 10.0 Å². The molecule has 0 unspecified atom stereocenters. The van der Waals surface area contributed by atoms with Crippen molar-refractivity contribution in [2.45, 2.75) is 43.0 Å². The maximum atomic E-state index is 13.6. The van der Waals surface area contributed by atoms with Gasteiger partial charge in [-0.25, -0.2) is 17.5 Å².